The maximum atomic E-state index is 11.2. The molecule has 1 saturated heterocycles. The molecule has 0 amide bonds. The van der Waals surface area contributed by atoms with E-state index < -0.39 is 12.0 Å². The molecule has 1 fully saturated rings. The zero-order valence-corrected chi connectivity index (χ0v) is 10.4. The van der Waals surface area contributed by atoms with Crippen LogP contribution in [0.4, 0.5) is 0 Å². The topological polar surface area (TPSA) is 78.6 Å². The van der Waals surface area contributed by atoms with E-state index in [2.05, 4.69) is 10.3 Å². The van der Waals surface area contributed by atoms with Crippen LogP contribution in [0.25, 0.3) is 11.1 Å². The van der Waals surface area contributed by atoms with Gasteiger partial charge in [0.2, 0.25) is 5.89 Å². The van der Waals surface area contributed by atoms with Crippen molar-refractivity contribution < 1.29 is 14.3 Å². The number of oxazole rings is 1. The first kappa shape index (κ1) is 12.1. The highest BCUT2D eigenvalue weighted by molar-refractivity contribution is 5.74. The fourth-order valence-electron chi connectivity index (χ4n) is 2.34. The first-order chi connectivity index (χ1) is 9.24. The number of benzene rings is 1. The lowest BCUT2D eigenvalue weighted by molar-refractivity contribution is -0.144. The third kappa shape index (κ3) is 2.45. The van der Waals surface area contributed by atoms with Gasteiger partial charge in [-0.1, -0.05) is 12.1 Å². The molecule has 1 aromatic carbocycles. The average Bonchev–Trinajstić information content (AvgIpc) is 2.81. The monoisotopic (exact) mass is 261 g/mol. The minimum atomic E-state index is -0.816. The Kier molecular flexibility index (Phi) is 3.18. The number of hydrogen-bond acceptors (Lipinski definition) is 5. The second kappa shape index (κ2) is 4.99. The minimum absolute atomic E-state index is 0.424. The molecule has 6 heteroatoms. The van der Waals surface area contributed by atoms with E-state index in [9.17, 15) is 9.90 Å². The Morgan fingerprint density at radius 1 is 1.53 bits per heavy atom. The van der Waals surface area contributed by atoms with E-state index in [-0.39, 0.29) is 0 Å². The highest BCUT2D eigenvalue weighted by atomic mass is 16.4. The number of carboxylic acids is 1. The lowest BCUT2D eigenvalue weighted by atomic mass is 10.2. The molecule has 0 saturated carbocycles. The normalized spacial score (nSPS) is 20.7. The first-order valence-electron chi connectivity index (χ1n) is 6.26. The average molecular weight is 261 g/mol. The lowest BCUT2D eigenvalue weighted by Gasteiger charge is -2.32. The van der Waals surface area contributed by atoms with E-state index in [0.29, 0.717) is 25.5 Å². The van der Waals surface area contributed by atoms with Crippen LogP contribution >= 0.6 is 0 Å². The van der Waals surface area contributed by atoms with Crippen LogP contribution < -0.4 is 5.32 Å². The predicted molar refractivity (Wildman–Crippen MR) is 68.7 cm³/mol. The summed E-state index contributed by atoms with van der Waals surface area (Å²) in [5.74, 6) is -0.252. The van der Waals surface area contributed by atoms with Crippen molar-refractivity contribution in [1.82, 2.24) is 15.2 Å². The zero-order chi connectivity index (χ0) is 13.2. The molecule has 0 bridgehead atoms. The summed E-state index contributed by atoms with van der Waals surface area (Å²) >= 11 is 0. The van der Waals surface area contributed by atoms with Crippen molar-refractivity contribution in [2.24, 2.45) is 0 Å². The van der Waals surface area contributed by atoms with Gasteiger partial charge in [-0.15, -0.1) is 0 Å². The van der Waals surface area contributed by atoms with Crippen LogP contribution in [0.3, 0.4) is 0 Å². The van der Waals surface area contributed by atoms with Gasteiger partial charge >= 0.3 is 5.97 Å². The van der Waals surface area contributed by atoms with Gasteiger partial charge in [0.25, 0.3) is 0 Å². The SMILES string of the molecule is O=C(O)C1CNCCN1Cc1nc2ccccc2o1. The zero-order valence-electron chi connectivity index (χ0n) is 10.4. The smallest absolute Gasteiger partial charge is 0.322 e. The number of fused-ring (bicyclic) bond motifs is 1. The summed E-state index contributed by atoms with van der Waals surface area (Å²) in [6.07, 6.45) is 0. The van der Waals surface area contributed by atoms with Gasteiger partial charge in [-0.2, -0.15) is 0 Å². The van der Waals surface area contributed by atoms with Crippen molar-refractivity contribution in [2.75, 3.05) is 19.6 Å². The van der Waals surface area contributed by atoms with Gasteiger partial charge in [-0.25, -0.2) is 4.98 Å². The molecular weight excluding hydrogens is 246 g/mol. The standard InChI is InChI=1S/C13H15N3O3/c17-13(18)10-7-14-5-6-16(10)8-12-15-9-3-1-2-4-11(9)19-12/h1-4,10,14H,5-8H2,(H,17,18). The maximum Gasteiger partial charge on any atom is 0.322 e. The van der Waals surface area contributed by atoms with Crippen LogP contribution in [0.2, 0.25) is 0 Å². The molecule has 3 rings (SSSR count). The van der Waals surface area contributed by atoms with Gasteiger partial charge < -0.3 is 14.8 Å². The number of nitrogens with one attached hydrogen (secondary N) is 1. The molecule has 19 heavy (non-hydrogen) atoms. The number of piperazine rings is 1. The number of aliphatic carboxylic acids is 1. The van der Waals surface area contributed by atoms with Crippen LogP contribution in [-0.2, 0) is 11.3 Å². The van der Waals surface area contributed by atoms with Crippen LogP contribution in [0.5, 0.6) is 0 Å². The van der Waals surface area contributed by atoms with E-state index in [1.54, 1.807) is 0 Å². The third-order valence-corrected chi connectivity index (χ3v) is 3.32. The van der Waals surface area contributed by atoms with E-state index in [1.807, 2.05) is 29.2 Å². The quantitative estimate of drug-likeness (QED) is 0.846. The van der Waals surface area contributed by atoms with Crippen molar-refractivity contribution in [3.05, 3.63) is 30.2 Å². The number of carboxylic acid groups (broad SMARTS) is 1. The van der Waals surface area contributed by atoms with Crippen LogP contribution in [-0.4, -0.2) is 46.6 Å². The summed E-state index contributed by atoms with van der Waals surface area (Å²) in [5, 5.41) is 12.3. The van der Waals surface area contributed by atoms with Crippen molar-refractivity contribution in [3.63, 3.8) is 0 Å². The van der Waals surface area contributed by atoms with E-state index in [0.717, 1.165) is 17.6 Å². The number of aromatic nitrogens is 1. The largest absolute Gasteiger partial charge is 0.480 e. The Bertz CT molecular complexity index is 563. The molecule has 0 spiro atoms. The first-order valence-corrected chi connectivity index (χ1v) is 6.26. The lowest BCUT2D eigenvalue weighted by Crippen LogP contribution is -2.54. The second-order valence-corrected chi connectivity index (χ2v) is 4.60. The highest BCUT2D eigenvalue weighted by Gasteiger charge is 2.29. The molecule has 2 aromatic rings. The molecule has 0 radical (unpaired) electrons. The summed E-state index contributed by atoms with van der Waals surface area (Å²) in [6, 6.07) is 7.01. The van der Waals surface area contributed by atoms with Gasteiger partial charge in [-0.05, 0) is 12.1 Å². The predicted octanol–water partition coefficient (Wildman–Crippen LogP) is 0.686. The molecule has 2 heterocycles. The number of para-hydroxylation sites is 2. The van der Waals surface area contributed by atoms with Gasteiger partial charge in [0.15, 0.2) is 5.58 Å². The van der Waals surface area contributed by atoms with Crippen LogP contribution in [0.1, 0.15) is 5.89 Å². The van der Waals surface area contributed by atoms with E-state index in [4.69, 9.17) is 4.42 Å². The molecule has 1 atom stereocenters. The fourth-order valence-corrected chi connectivity index (χ4v) is 2.34. The Hall–Kier alpha value is -1.92. The molecule has 1 unspecified atom stereocenters. The Labute approximate surface area is 110 Å². The number of nitrogens with zero attached hydrogens (tertiary/aromatic N) is 2. The number of rotatable bonds is 3. The fraction of sp³-hybridized carbons (Fsp3) is 0.385. The molecule has 1 aromatic heterocycles. The Morgan fingerprint density at radius 3 is 3.16 bits per heavy atom. The molecule has 6 nitrogen and oxygen atoms in total. The molecule has 1 aliphatic rings. The number of hydrogen-bond donors (Lipinski definition) is 2. The van der Waals surface area contributed by atoms with Crippen LogP contribution in [0, 0.1) is 0 Å². The van der Waals surface area contributed by atoms with Crippen molar-refractivity contribution in [2.45, 2.75) is 12.6 Å². The third-order valence-electron chi connectivity index (χ3n) is 3.32. The minimum Gasteiger partial charge on any atom is -0.480 e. The van der Waals surface area contributed by atoms with E-state index in [1.165, 1.54) is 0 Å². The molecule has 1 aliphatic heterocycles. The van der Waals surface area contributed by atoms with Gasteiger partial charge in [-0.3, -0.25) is 9.69 Å². The highest BCUT2D eigenvalue weighted by Crippen LogP contribution is 2.17. The Balaban J connectivity index is 1.80. The van der Waals surface area contributed by atoms with Gasteiger partial charge in [0.1, 0.15) is 11.6 Å². The summed E-state index contributed by atoms with van der Waals surface area (Å²) in [6.45, 7) is 2.34. The second-order valence-electron chi connectivity index (χ2n) is 4.60. The maximum absolute atomic E-state index is 11.2. The molecular formula is C13H15N3O3. The van der Waals surface area contributed by atoms with Crippen molar-refractivity contribution >= 4 is 17.1 Å². The number of carbonyl (C=O) groups is 1. The van der Waals surface area contributed by atoms with Crippen molar-refractivity contribution in [3.8, 4) is 0 Å². The Morgan fingerprint density at radius 2 is 2.37 bits per heavy atom. The molecule has 2 N–H and O–H groups in total. The summed E-state index contributed by atoms with van der Waals surface area (Å²) in [4.78, 5) is 17.5. The summed E-state index contributed by atoms with van der Waals surface area (Å²) in [7, 11) is 0. The van der Waals surface area contributed by atoms with Gasteiger partial charge in [0.05, 0.1) is 6.54 Å². The summed E-state index contributed by atoms with van der Waals surface area (Å²) in [5.41, 5.74) is 1.54. The van der Waals surface area contributed by atoms with E-state index >= 15 is 0 Å². The van der Waals surface area contributed by atoms with Gasteiger partial charge in [0, 0.05) is 19.6 Å². The van der Waals surface area contributed by atoms with Crippen LogP contribution in [0.15, 0.2) is 28.7 Å². The summed E-state index contributed by atoms with van der Waals surface area (Å²) < 4.78 is 5.63. The molecule has 100 valence electrons. The van der Waals surface area contributed by atoms with Crippen molar-refractivity contribution in [1.29, 1.82) is 0 Å². The molecule has 0 aliphatic carbocycles.